The average molecular weight is 199 g/mol. The zero-order chi connectivity index (χ0) is 9.80. The number of rotatable bonds is 1. The number of hydrogen-bond acceptors (Lipinski definition) is 3. The molecule has 0 unspecified atom stereocenters. The summed E-state index contributed by atoms with van der Waals surface area (Å²) in [6.45, 7) is 4.37. The van der Waals surface area contributed by atoms with Crippen LogP contribution in [0.25, 0.3) is 0 Å². The Morgan fingerprint density at radius 3 is 2.21 bits per heavy atom. The van der Waals surface area contributed by atoms with E-state index in [4.69, 9.17) is 9.47 Å². The molecule has 0 atom stereocenters. The van der Waals surface area contributed by atoms with Crippen LogP contribution in [0, 0.1) is 5.92 Å². The van der Waals surface area contributed by atoms with Gasteiger partial charge in [-0.2, -0.15) is 0 Å². The number of carbonyl (C=O) groups is 1. The number of hydrogen-bond donors (Lipinski definition) is 0. The van der Waals surface area contributed by atoms with Gasteiger partial charge >= 0.3 is 0 Å². The van der Waals surface area contributed by atoms with E-state index < -0.39 is 0 Å². The minimum absolute atomic E-state index is 0.196. The summed E-state index contributed by atoms with van der Waals surface area (Å²) in [5, 5.41) is 0. The molecule has 80 valence electrons. The van der Waals surface area contributed by atoms with Crippen molar-refractivity contribution in [2.75, 3.05) is 39.5 Å². The monoisotopic (exact) mass is 199 g/mol. The second-order valence-corrected chi connectivity index (χ2v) is 3.82. The molecule has 0 spiro atoms. The van der Waals surface area contributed by atoms with Crippen molar-refractivity contribution in [2.24, 2.45) is 5.92 Å². The van der Waals surface area contributed by atoms with Crippen molar-refractivity contribution in [3.8, 4) is 0 Å². The smallest absolute Gasteiger partial charge is 0.226 e. The molecule has 0 saturated carbocycles. The van der Waals surface area contributed by atoms with Gasteiger partial charge in [0.05, 0.1) is 13.2 Å². The third-order valence-electron chi connectivity index (χ3n) is 2.89. The van der Waals surface area contributed by atoms with Crippen molar-refractivity contribution >= 4 is 5.91 Å². The fourth-order valence-electron chi connectivity index (χ4n) is 1.99. The molecule has 1 amide bonds. The summed E-state index contributed by atoms with van der Waals surface area (Å²) in [5.74, 6) is 0.499. The molecule has 0 aromatic heterocycles. The normalized spacial score (nSPS) is 25.0. The third-order valence-corrected chi connectivity index (χ3v) is 2.89. The third kappa shape index (κ3) is 2.25. The van der Waals surface area contributed by atoms with E-state index in [0.717, 1.165) is 39.1 Å². The highest BCUT2D eigenvalue weighted by molar-refractivity contribution is 5.79. The average Bonchev–Trinajstić information content (AvgIpc) is 2.30. The topological polar surface area (TPSA) is 38.8 Å². The van der Waals surface area contributed by atoms with Gasteiger partial charge in [0.15, 0.2) is 0 Å². The van der Waals surface area contributed by atoms with Crippen LogP contribution in [0.5, 0.6) is 0 Å². The van der Waals surface area contributed by atoms with Gasteiger partial charge in [0.25, 0.3) is 0 Å². The van der Waals surface area contributed by atoms with Crippen LogP contribution in [0.4, 0.5) is 0 Å². The molecule has 2 fully saturated rings. The summed E-state index contributed by atoms with van der Waals surface area (Å²) in [5.41, 5.74) is 0. The van der Waals surface area contributed by atoms with Crippen LogP contribution in [0.1, 0.15) is 12.8 Å². The molecule has 2 aliphatic rings. The lowest BCUT2D eigenvalue weighted by Crippen LogP contribution is -2.44. The molecule has 4 nitrogen and oxygen atoms in total. The molecule has 0 aromatic rings. The van der Waals surface area contributed by atoms with E-state index in [1.54, 1.807) is 0 Å². The van der Waals surface area contributed by atoms with E-state index in [0.29, 0.717) is 19.1 Å². The van der Waals surface area contributed by atoms with Gasteiger partial charge in [0, 0.05) is 32.2 Å². The Bertz CT molecular complexity index is 176. The predicted molar refractivity (Wildman–Crippen MR) is 50.9 cm³/mol. The fourth-order valence-corrected chi connectivity index (χ4v) is 1.99. The van der Waals surface area contributed by atoms with Gasteiger partial charge in [0.1, 0.15) is 0 Å². The lowest BCUT2D eigenvalue weighted by molar-refractivity contribution is -0.142. The van der Waals surface area contributed by atoms with Gasteiger partial charge < -0.3 is 14.4 Å². The molecule has 0 radical (unpaired) electrons. The summed E-state index contributed by atoms with van der Waals surface area (Å²) in [7, 11) is 0. The van der Waals surface area contributed by atoms with Gasteiger partial charge in [-0.15, -0.1) is 0 Å². The molecule has 2 saturated heterocycles. The highest BCUT2D eigenvalue weighted by atomic mass is 16.5. The van der Waals surface area contributed by atoms with Crippen molar-refractivity contribution in [1.29, 1.82) is 0 Å². The number of amides is 1. The lowest BCUT2D eigenvalue weighted by Gasteiger charge is -2.31. The van der Waals surface area contributed by atoms with Crippen LogP contribution >= 0.6 is 0 Å². The van der Waals surface area contributed by atoms with Crippen LogP contribution in [0.3, 0.4) is 0 Å². The van der Waals surface area contributed by atoms with E-state index in [-0.39, 0.29) is 5.92 Å². The quantitative estimate of drug-likeness (QED) is 0.608. The van der Waals surface area contributed by atoms with Gasteiger partial charge in [-0.1, -0.05) is 0 Å². The number of carbonyl (C=O) groups excluding carboxylic acids is 1. The molecule has 0 bridgehead atoms. The van der Waals surface area contributed by atoms with Gasteiger partial charge in [-0.3, -0.25) is 4.79 Å². The first-order chi connectivity index (χ1) is 6.88. The Kier molecular flexibility index (Phi) is 3.37. The van der Waals surface area contributed by atoms with E-state index >= 15 is 0 Å². The second-order valence-electron chi connectivity index (χ2n) is 3.82. The molecule has 0 aromatic carbocycles. The number of morpholine rings is 1. The summed E-state index contributed by atoms with van der Waals surface area (Å²) < 4.78 is 10.5. The first-order valence-corrected chi connectivity index (χ1v) is 5.32. The molecular formula is C10H17NO3. The van der Waals surface area contributed by atoms with Crippen LogP contribution < -0.4 is 0 Å². The summed E-state index contributed by atoms with van der Waals surface area (Å²) in [4.78, 5) is 13.9. The Hall–Kier alpha value is -0.610. The molecule has 2 heterocycles. The number of nitrogens with zero attached hydrogens (tertiary/aromatic N) is 1. The zero-order valence-electron chi connectivity index (χ0n) is 8.41. The number of ether oxygens (including phenoxy) is 2. The maximum absolute atomic E-state index is 12.0. The van der Waals surface area contributed by atoms with E-state index in [1.807, 2.05) is 4.90 Å². The summed E-state index contributed by atoms with van der Waals surface area (Å²) in [6, 6.07) is 0. The fraction of sp³-hybridized carbons (Fsp3) is 0.900. The Balaban J connectivity index is 1.85. The summed E-state index contributed by atoms with van der Waals surface area (Å²) in [6.07, 6.45) is 1.77. The van der Waals surface area contributed by atoms with Crippen molar-refractivity contribution in [3.63, 3.8) is 0 Å². The molecule has 0 aliphatic carbocycles. The molecule has 2 rings (SSSR count). The van der Waals surface area contributed by atoms with Gasteiger partial charge in [-0.25, -0.2) is 0 Å². The van der Waals surface area contributed by atoms with E-state index in [1.165, 1.54) is 0 Å². The van der Waals surface area contributed by atoms with Crippen LogP contribution in [0.2, 0.25) is 0 Å². The largest absolute Gasteiger partial charge is 0.381 e. The standard InChI is InChI=1S/C10H17NO3/c12-10(9-1-5-13-6-2-9)11-3-7-14-8-4-11/h9H,1-8H2. The van der Waals surface area contributed by atoms with Crippen molar-refractivity contribution < 1.29 is 14.3 Å². The maximum atomic E-state index is 12.0. The van der Waals surface area contributed by atoms with Crippen LogP contribution in [0.15, 0.2) is 0 Å². The van der Waals surface area contributed by atoms with Gasteiger partial charge in [0.2, 0.25) is 5.91 Å². The molecular weight excluding hydrogens is 182 g/mol. The zero-order valence-corrected chi connectivity index (χ0v) is 8.41. The first-order valence-electron chi connectivity index (χ1n) is 5.32. The lowest BCUT2D eigenvalue weighted by atomic mass is 9.98. The van der Waals surface area contributed by atoms with E-state index in [9.17, 15) is 4.79 Å². The van der Waals surface area contributed by atoms with Crippen molar-refractivity contribution in [3.05, 3.63) is 0 Å². The van der Waals surface area contributed by atoms with E-state index in [2.05, 4.69) is 0 Å². The van der Waals surface area contributed by atoms with Gasteiger partial charge in [-0.05, 0) is 12.8 Å². The predicted octanol–water partition coefficient (Wildman–Crippen LogP) is 0.272. The first kappa shape index (κ1) is 9.93. The molecule has 0 N–H and O–H groups in total. The Labute approximate surface area is 84.2 Å². The van der Waals surface area contributed by atoms with Crippen LogP contribution in [-0.4, -0.2) is 50.3 Å². The Morgan fingerprint density at radius 1 is 1.00 bits per heavy atom. The van der Waals surface area contributed by atoms with Crippen molar-refractivity contribution in [2.45, 2.75) is 12.8 Å². The highest BCUT2D eigenvalue weighted by Gasteiger charge is 2.27. The van der Waals surface area contributed by atoms with Crippen LogP contribution in [-0.2, 0) is 14.3 Å². The minimum atomic E-state index is 0.196. The molecule has 4 heteroatoms. The van der Waals surface area contributed by atoms with Crippen molar-refractivity contribution in [1.82, 2.24) is 4.90 Å². The second kappa shape index (κ2) is 4.75. The maximum Gasteiger partial charge on any atom is 0.226 e. The Morgan fingerprint density at radius 2 is 1.57 bits per heavy atom. The highest BCUT2D eigenvalue weighted by Crippen LogP contribution is 2.18. The molecule has 2 aliphatic heterocycles. The minimum Gasteiger partial charge on any atom is -0.381 e. The molecule has 14 heavy (non-hydrogen) atoms. The SMILES string of the molecule is O=C(C1CCOCC1)N1CCOCC1. The summed E-state index contributed by atoms with van der Waals surface area (Å²) >= 11 is 0.